The molecule has 1 aromatic carbocycles. The third-order valence-electron chi connectivity index (χ3n) is 3.14. The maximum absolute atomic E-state index is 12.2. The molecule has 23 heavy (non-hydrogen) atoms. The lowest BCUT2D eigenvalue weighted by Crippen LogP contribution is -2.00. The van der Waals surface area contributed by atoms with Crippen molar-refractivity contribution in [2.24, 2.45) is 0 Å². The molecule has 3 aromatic rings. The second kappa shape index (κ2) is 7.53. The molecule has 0 fully saturated rings. The monoisotopic (exact) mass is 378 g/mol. The highest BCUT2D eigenvalue weighted by atomic mass is 32.2. The summed E-state index contributed by atoms with van der Waals surface area (Å²) >= 11 is 9.83. The number of para-hydroxylation sites is 1. The van der Waals surface area contributed by atoms with E-state index in [1.54, 1.807) is 16.0 Å². The number of hydrogen-bond acceptors (Lipinski definition) is 6. The van der Waals surface area contributed by atoms with Gasteiger partial charge in [-0.2, -0.15) is 0 Å². The first-order valence-electron chi connectivity index (χ1n) is 7.07. The molecule has 0 unspecified atom stereocenters. The fraction of sp³-hybridized carbons (Fsp3) is 0.188. The maximum atomic E-state index is 12.2. The summed E-state index contributed by atoms with van der Waals surface area (Å²) in [5.41, 5.74) is 0.942. The Balaban J connectivity index is 1.69. The van der Waals surface area contributed by atoms with Crippen molar-refractivity contribution in [1.82, 2.24) is 9.78 Å². The molecule has 2 aromatic heterocycles. The molecule has 2 heterocycles. The smallest absolute Gasteiger partial charge is 0.184 e. The number of thioether (sulfide) groups is 1. The molecule has 0 aliphatic rings. The number of nitrogens with zero attached hydrogens (tertiary/aromatic N) is 2. The van der Waals surface area contributed by atoms with Crippen LogP contribution in [0, 0.1) is 3.95 Å². The third kappa shape index (κ3) is 3.98. The van der Waals surface area contributed by atoms with E-state index in [1.807, 2.05) is 42.5 Å². The van der Waals surface area contributed by atoms with Crippen LogP contribution >= 0.6 is 46.7 Å². The number of carbonyl (C=O) groups is 1. The summed E-state index contributed by atoms with van der Waals surface area (Å²) in [6, 6.07) is 13.7. The van der Waals surface area contributed by atoms with Gasteiger partial charge < -0.3 is 0 Å². The Kier molecular flexibility index (Phi) is 5.42. The molecule has 0 saturated carbocycles. The predicted molar refractivity (Wildman–Crippen MR) is 101 cm³/mol. The van der Waals surface area contributed by atoms with E-state index in [1.165, 1.54) is 28.0 Å². The van der Waals surface area contributed by atoms with Crippen LogP contribution in [0.2, 0.25) is 0 Å². The van der Waals surface area contributed by atoms with E-state index in [2.05, 4.69) is 12.0 Å². The number of thiophene rings is 1. The number of carbonyl (C=O) groups excluding carboxylic acids is 1. The normalized spacial score (nSPS) is 10.8. The van der Waals surface area contributed by atoms with E-state index in [0.29, 0.717) is 9.71 Å². The average molecular weight is 379 g/mol. The van der Waals surface area contributed by atoms with Crippen LogP contribution in [0.15, 0.2) is 46.8 Å². The van der Waals surface area contributed by atoms with Gasteiger partial charge in [0.25, 0.3) is 0 Å². The van der Waals surface area contributed by atoms with Gasteiger partial charge in [-0.15, -0.1) is 16.4 Å². The van der Waals surface area contributed by atoms with E-state index >= 15 is 0 Å². The molecule has 0 aliphatic heterocycles. The second-order valence-electron chi connectivity index (χ2n) is 4.71. The highest BCUT2D eigenvalue weighted by molar-refractivity contribution is 8.01. The van der Waals surface area contributed by atoms with Crippen LogP contribution in [0.1, 0.15) is 21.5 Å². The van der Waals surface area contributed by atoms with Crippen LogP contribution in [0.5, 0.6) is 0 Å². The Morgan fingerprint density at radius 1 is 1.22 bits per heavy atom. The van der Waals surface area contributed by atoms with Gasteiger partial charge in [-0.25, -0.2) is 4.68 Å². The van der Waals surface area contributed by atoms with E-state index in [4.69, 9.17) is 12.2 Å². The molecule has 3 nitrogen and oxygen atoms in total. The highest BCUT2D eigenvalue weighted by Crippen LogP contribution is 2.26. The minimum atomic E-state index is 0.145. The lowest BCUT2D eigenvalue weighted by Gasteiger charge is -1.99. The van der Waals surface area contributed by atoms with Gasteiger partial charge in [0.05, 0.1) is 16.3 Å². The van der Waals surface area contributed by atoms with Crippen LogP contribution in [0.4, 0.5) is 0 Å². The number of aryl methyl sites for hydroxylation is 1. The first-order valence-corrected chi connectivity index (χ1v) is 10.1. The van der Waals surface area contributed by atoms with Gasteiger partial charge in [0, 0.05) is 4.88 Å². The fourth-order valence-electron chi connectivity index (χ4n) is 1.97. The summed E-state index contributed by atoms with van der Waals surface area (Å²) in [6.07, 6.45) is 0.966. The van der Waals surface area contributed by atoms with Gasteiger partial charge in [0.2, 0.25) is 0 Å². The topological polar surface area (TPSA) is 34.9 Å². The molecule has 0 saturated heterocycles. The van der Waals surface area contributed by atoms with Crippen molar-refractivity contribution in [2.45, 2.75) is 17.7 Å². The van der Waals surface area contributed by atoms with Crippen molar-refractivity contribution >= 4 is 52.4 Å². The van der Waals surface area contributed by atoms with Crippen molar-refractivity contribution < 1.29 is 4.79 Å². The van der Waals surface area contributed by atoms with Gasteiger partial charge in [-0.1, -0.05) is 48.2 Å². The zero-order chi connectivity index (χ0) is 16.2. The molecule has 7 heteroatoms. The fourth-order valence-corrected chi connectivity index (χ4v) is 5.19. The van der Waals surface area contributed by atoms with Gasteiger partial charge in [-0.3, -0.25) is 4.79 Å². The zero-order valence-electron chi connectivity index (χ0n) is 12.4. The first-order chi connectivity index (χ1) is 11.2. The maximum Gasteiger partial charge on any atom is 0.184 e. The second-order valence-corrected chi connectivity index (χ2v) is 8.73. The molecular formula is C16H14N2OS4. The SMILES string of the molecule is CCc1ccc(C(=O)CSc2nn(-c3ccccc3)c(=S)s2)s1. The van der Waals surface area contributed by atoms with Gasteiger partial charge >= 0.3 is 0 Å². The largest absolute Gasteiger partial charge is 0.292 e. The number of rotatable bonds is 6. The first kappa shape index (κ1) is 16.6. The Hall–Kier alpha value is -1.28. The Morgan fingerprint density at radius 3 is 2.70 bits per heavy atom. The van der Waals surface area contributed by atoms with Crippen molar-refractivity contribution in [3.05, 3.63) is 56.2 Å². The summed E-state index contributed by atoms with van der Waals surface area (Å²) in [5.74, 6) is 0.535. The Morgan fingerprint density at radius 2 is 2.00 bits per heavy atom. The summed E-state index contributed by atoms with van der Waals surface area (Å²) in [6.45, 7) is 2.10. The van der Waals surface area contributed by atoms with Crippen LogP contribution in [-0.4, -0.2) is 21.3 Å². The molecule has 0 bridgehead atoms. The molecule has 118 valence electrons. The lowest BCUT2D eigenvalue weighted by atomic mass is 10.3. The molecule has 0 radical (unpaired) electrons. The lowest BCUT2D eigenvalue weighted by molar-refractivity contribution is 0.102. The Bertz CT molecular complexity index is 864. The zero-order valence-corrected chi connectivity index (χ0v) is 15.7. The Labute approximate surface area is 152 Å². The molecule has 0 spiro atoms. The number of hydrogen-bond donors (Lipinski definition) is 0. The molecular weight excluding hydrogens is 364 g/mol. The summed E-state index contributed by atoms with van der Waals surface area (Å²) in [5, 5.41) is 4.51. The molecule has 0 amide bonds. The summed E-state index contributed by atoms with van der Waals surface area (Å²) in [4.78, 5) is 14.3. The summed E-state index contributed by atoms with van der Waals surface area (Å²) in [7, 11) is 0. The number of Topliss-reactive ketones (excluding diaryl/α,β-unsaturated/α-hetero) is 1. The highest BCUT2D eigenvalue weighted by Gasteiger charge is 2.12. The van der Waals surface area contributed by atoms with Crippen molar-refractivity contribution in [1.29, 1.82) is 0 Å². The quantitative estimate of drug-likeness (QED) is 0.333. The molecule has 0 aliphatic carbocycles. The summed E-state index contributed by atoms with van der Waals surface area (Å²) < 4.78 is 3.25. The minimum absolute atomic E-state index is 0.145. The molecule has 0 N–H and O–H groups in total. The van der Waals surface area contributed by atoms with Crippen molar-refractivity contribution in [3.63, 3.8) is 0 Å². The third-order valence-corrected chi connectivity index (χ3v) is 6.78. The standard InChI is InChI=1S/C16H14N2OS4/c1-2-12-8-9-14(22-12)13(19)10-21-15-17-18(16(20)23-15)11-6-4-3-5-7-11/h3-9H,2,10H2,1H3. The van der Waals surface area contributed by atoms with E-state index in [0.717, 1.165) is 21.3 Å². The number of benzene rings is 1. The van der Waals surface area contributed by atoms with Crippen LogP contribution in [-0.2, 0) is 6.42 Å². The average Bonchev–Trinajstić information content (AvgIpc) is 3.20. The van der Waals surface area contributed by atoms with E-state index < -0.39 is 0 Å². The van der Waals surface area contributed by atoms with Gasteiger partial charge in [0.15, 0.2) is 14.1 Å². The van der Waals surface area contributed by atoms with Gasteiger partial charge in [0.1, 0.15) is 0 Å². The molecule has 0 atom stereocenters. The minimum Gasteiger partial charge on any atom is -0.292 e. The van der Waals surface area contributed by atoms with Gasteiger partial charge in [-0.05, 0) is 42.9 Å². The van der Waals surface area contributed by atoms with E-state index in [9.17, 15) is 4.79 Å². The van der Waals surface area contributed by atoms with Crippen molar-refractivity contribution in [2.75, 3.05) is 5.75 Å². The van der Waals surface area contributed by atoms with Crippen LogP contribution < -0.4 is 0 Å². The number of aromatic nitrogens is 2. The molecule has 3 rings (SSSR count). The van der Waals surface area contributed by atoms with E-state index in [-0.39, 0.29) is 5.78 Å². The van der Waals surface area contributed by atoms with Crippen molar-refractivity contribution in [3.8, 4) is 5.69 Å². The van der Waals surface area contributed by atoms with Crippen LogP contribution in [0.3, 0.4) is 0 Å². The van der Waals surface area contributed by atoms with Crippen LogP contribution in [0.25, 0.3) is 5.69 Å². The predicted octanol–water partition coefficient (Wildman–Crippen LogP) is 5.26. The number of ketones is 1.